The number of fused-ring (bicyclic) bond motifs is 1. The first-order valence-corrected chi connectivity index (χ1v) is 6.58. The molecule has 0 aliphatic heterocycles. The lowest BCUT2D eigenvalue weighted by atomic mass is 10.0. The summed E-state index contributed by atoms with van der Waals surface area (Å²) in [6.45, 7) is 5.16. The summed E-state index contributed by atoms with van der Waals surface area (Å²) < 4.78 is 1.98. The summed E-state index contributed by atoms with van der Waals surface area (Å²) in [6.07, 6.45) is 0.986. The summed E-state index contributed by atoms with van der Waals surface area (Å²) in [6, 6.07) is 14.7. The molecule has 0 radical (unpaired) electrons. The Morgan fingerprint density at radius 2 is 1.89 bits per heavy atom. The second kappa shape index (κ2) is 4.84. The molecular formula is C16H17N3. The van der Waals surface area contributed by atoms with Gasteiger partial charge < -0.3 is 0 Å². The van der Waals surface area contributed by atoms with Crippen molar-refractivity contribution in [2.75, 3.05) is 0 Å². The van der Waals surface area contributed by atoms with E-state index in [2.05, 4.69) is 48.4 Å². The van der Waals surface area contributed by atoms with Gasteiger partial charge in [0.2, 0.25) is 0 Å². The molecule has 0 saturated heterocycles. The van der Waals surface area contributed by atoms with E-state index in [0.29, 0.717) is 0 Å². The highest BCUT2D eigenvalue weighted by Gasteiger charge is 2.04. The topological polar surface area (TPSA) is 30.7 Å². The number of benzene rings is 2. The van der Waals surface area contributed by atoms with Gasteiger partial charge in [0.25, 0.3) is 0 Å². The maximum absolute atomic E-state index is 4.22. The maximum Gasteiger partial charge on any atom is 0.113 e. The number of hydrogen-bond donors (Lipinski definition) is 0. The predicted octanol–water partition coefficient (Wildman–Crippen LogP) is 3.29. The van der Waals surface area contributed by atoms with E-state index in [0.717, 1.165) is 24.0 Å². The molecule has 0 atom stereocenters. The summed E-state index contributed by atoms with van der Waals surface area (Å²) in [5.74, 6) is 0. The van der Waals surface area contributed by atoms with E-state index in [4.69, 9.17) is 0 Å². The lowest BCUT2D eigenvalue weighted by molar-refractivity contribution is 0.605. The van der Waals surface area contributed by atoms with Crippen LogP contribution >= 0.6 is 0 Å². The van der Waals surface area contributed by atoms with Gasteiger partial charge in [0.1, 0.15) is 5.52 Å². The largest absolute Gasteiger partial charge is 0.244 e. The SMILES string of the molecule is Cc1ccc(CCn2nnc3ccccc32)c(C)c1. The van der Waals surface area contributed by atoms with Crippen LogP contribution in [-0.2, 0) is 13.0 Å². The lowest BCUT2D eigenvalue weighted by Crippen LogP contribution is -2.04. The molecule has 3 rings (SSSR count). The van der Waals surface area contributed by atoms with Crippen molar-refractivity contribution in [2.24, 2.45) is 0 Å². The zero-order chi connectivity index (χ0) is 13.2. The predicted molar refractivity (Wildman–Crippen MR) is 77.1 cm³/mol. The molecule has 96 valence electrons. The quantitative estimate of drug-likeness (QED) is 0.715. The highest BCUT2D eigenvalue weighted by Crippen LogP contribution is 2.14. The van der Waals surface area contributed by atoms with E-state index in [9.17, 15) is 0 Å². The Morgan fingerprint density at radius 3 is 2.74 bits per heavy atom. The zero-order valence-electron chi connectivity index (χ0n) is 11.3. The van der Waals surface area contributed by atoms with Crippen molar-refractivity contribution in [1.82, 2.24) is 15.0 Å². The zero-order valence-corrected chi connectivity index (χ0v) is 11.3. The van der Waals surface area contributed by atoms with Crippen molar-refractivity contribution in [3.63, 3.8) is 0 Å². The van der Waals surface area contributed by atoms with Crippen LogP contribution in [-0.4, -0.2) is 15.0 Å². The minimum Gasteiger partial charge on any atom is -0.244 e. The van der Waals surface area contributed by atoms with E-state index >= 15 is 0 Å². The summed E-state index contributed by atoms with van der Waals surface area (Å²) in [7, 11) is 0. The first kappa shape index (κ1) is 11.9. The van der Waals surface area contributed by atoms with Crippen molar-refractivity contribution in [3.8, 4) is 0 Å². The molecular weight excluding hydrogens is 234 g/mol. The van der Waals surface area contributed by atoms with E-state index in [1.54, 1.807) is 0 Å². The number of hydrogen-bond acceptors (Lipinski definition) is 2. The molecule has 3 heteroatoms. The third kappa shape index (κ3) is 2.36. The average molecular weight is 251 g/mol. The van der Waals surface area contributed by atoms with Crippen LogP contribution in [0.1, 0.15) is 16.7 Å². The lowest BCUT2D eigenvalue weighted by Gasteiger charge is -2.07. The molecule has 3 aromatic rings. The Balaban J connectivity index is 1.82. The molecule has 1 heterocycles. The highest BCUT2D eigenvalue weighted by molar-refractivity contribution is 5.73. The van der Waals surface area contributed by atoms with Crippen LogP contribution in [0.2, 0.25) is 0 Å². The van der Waals surface area contributed by atoms with Crippen LogP contribution in [0.3, 0.4) is 0 Å². The molecule has 0 unspecified atom stereocenters. The fourth-order valence-corrected chi connectivity index (χ4v) is 2.44. The smallest absolute Gasteiger partial charge is 0.113 e. The number of para-hydroxylation sites is 1. The molecule has 0 saturated carbocycles. The summed E-state index contributed by atoms with van der Waals surface area (Å²) in [5.41, 5.74) is 6.11. The van der Waals surface area contributed by atoms with Crippen molar-refractivity contribution >= 4 is 11.0 Å². The Hall–Kier alpha value is -2.16. The average Bonchev–Trinajstić information content (AvgIpc) is 2.81. The minimum absolute atomic E-state index is 0.865. The Morgan fingerprint density at radius 1 is 1.05 bits per heavy atom. The van der Waals surface area contributed by atoms with E-state index in [-0.39, 0.29) is 0 Å². The van der Waals surface area contributed by atoms with Crippen LogP contribution in [0.25, 0.3) is 11.0 Å². The summed E-state index contributed by atoms with van der Waals surface area (Å²) in [4.78, 5) is 0. The van der Waals surface area contributed by atoms with Crippen LogP contribution in [0.5, 0.6) is 0 Å². The molecule has 0 bridgehead atoms. The first-order chi connectivity index (χ1) is 9.24. The van der Waals surface area contributed by atoms with Crippen LogP contribution in [0.4, 0.5) is 0 Å². The normalized spacial score (nSPS) is 11.1. The van der Waals surface area contributed by atoms with Crippen LogP contribution in [0, 0.1) is 13.8 Å². The standard InChI is InChI=1S/C16H17N3/c1-12-7-8-14(13(2)11-12)9-10-19-16-6-4-3-5-15(16)17-18-19/h3-8,11H,9-10H2,1-2H3. The first-order valence-electron chi connectivity index (χ1n) is 6.58. The molecule has 1 aromatic heterocycles. The third-order valence-corrected chi connectivity index (χ3v) is 3.51. The van der Waals surface area contributed by atoms with Gasteiger partial charge >= 0.3 is 0 Å². The Labute approximate surface area is 112 Å². The molecule has 0 aliphatic rings. The molecule has 2 aromatic carbocycles. The molecule has 0 N–H and O–H groups in total. The number of nitrogens with zero attached hydrogens (tertiary/aromatic N) is 3. The van der Waals surface area contributed by atoms with Gasteiger partial charge in [0.15, 0.2) is 0 Å². The Bertz CT molecular complexity index is 713. The minimum atomic E-state index is 0.865. The summed E-state index contributed by atoms with van der Waals surface area (Å²) in [5, 5.41) is 8.40. The van der Waals surface area contributed by atoms with Crippen molar-refractivity contribution in [2.45, 2.75) is 26.8 Å². The molecule has 0 aliphatic carbocycles. The van der Waals surface area contributed by atoms with Gasteiger partial charge in [-0.2, -0.15) is 0 Å². The van der Waals surface area contributed by atoms with Gasteiger partial charge in [-0.1, -0.05) is 41.1 Å². The highest BCUT2D eigenvalue weighted by atomic mass is 15.4. The molecule has 0 spiro atoms. The summed E-state index contributed by atoms with van der Waals surface area (Å²) >= 11 is 0. The van der Waals surface area contributed by atoms with Gasteiger partial charge in [-0.15, -0.1) is 5.10 Å². The molecule has 0 fully saturated rings. The van der Waals surface area contributed by atoms with Crippen molar-refractivity contribution in [1.29, 1.82) is 0 Å². The second-order valence-corrected chi connectivity index (χ2v) is 4.98. The third-order valence-electron chi connectivity index (χ3n) is 3.51. The van der Waals surface area contributed by atoms with Gasteiger partial charge in [0.05, 0.1) is 5.52 Å². The van der Waals surface area contributed by atoms with E-state index in [1.807, 2.05) is 22.9 Å². The van der Waals surface area contributed by atoms with Crippen molar-refractivity contribution in [3.05, 3.63) is 59.2 Å². The van der Waals surface area contributed by atoms with Gasteiger partial charge in [-0.25, -0.2) is 4.68 Å². The van der Waals surface area contributed by atoms with Crippen molar-refractivity contribution < 1.29 is 0 Å². The fraction of sp³-hybridized carbons (Fsp3) is 0.250. The Kier molecular flexibility index (Phi) is 3.03. The second-order valence-electron chi connectivity index (χ2n) is 4.98. The maximum atomic E-state index is 4.22. The van der Waals surface area contributed by atoms with Crippen LogP contribution < -0.4 is 0 Å². The number of rotatable bonds is 3. The van der Waals surface area contributed by atoms with Crippen LogP contribution in [0.15, 0.2) is 42.5 Å². The molecule has 19 heavy (non-hydrogen) atoms. The van der Waals surface area contributed by atoms with Gasteiger partial charge in [0, 0.05) is 6.54 Å². The fourth-order valence-electron chi connectivity index (χ4n) is 2.44. The molecule has 3 nitrogen and oxygen atoms in total. The van der Waals surface area contributed by atoms with E-state index in [1.165, 1.54) is 16.7 Å². The van der Waals surface area contributed by atoms with Gasteiger partial charge in [-0.05, 0) is 43.5 Å². The monoisotopic (exact) mass is 251 g/mol. The molecule has 0 amide bonds. The number of aromatic nitrogens is 3. The van der Waals surface area contributed by atoms with E-state index < -0.39 is 0 Å². The number of aryl methyl sites for hydroxylation is 4. The van der Waals surface area contributed by atoms with Gasteiger partial charge in [-0.3, -0.25) is 0 Å².